The molecule has 4 heteroatoms. The van der Waals surface area contributed by atoms with Crippen LogP contribution in [0.1, 0.15) is 37.3 Å². The second-order valence-corrected chi connectivity index (χ2v) is 5.44. The summed E-state index contributed by atoms with van der Waals surface area (Å²) < 4.78 is 13.3. The van der Waals surface area contributed by atoms with Crippen molar-refractivity contribution >= 4 is 5.91 Å². The molecule has 0 aromatic heterocycles. The van der Waals surface area contributed by atoms with Gasteiger partial charge in [-0.2, -0.15) is 0 Å². The van der Waals surface area contributed by atoms with Crippen molar-refractivity contribution in [2.75, 3.05) is 13.1 Å². The summed E-state index contributed by atoms with van der Waals surface area (Å²) in [7, 11) is 0. The maximum absolute atomic E-state index is 13.3. The first-order valence-corrected chi connectivity index (χ1v) is 7.39. The van der Waals surface area contributed by atoms with Gasteiger partial charge in [0.15, 0.2) is 0 Å². The molecule has 1 aliphatic rings. The SMILES string of the molecule is CCCC1CC(=O)N(Cc2ccc(F)cc2C#CCN)C1. The number of carbonyl (C=O) groups excluding carboxylic acids is 1. The van der Waals surface area contributed by atoms with E-state index < -0.39 is 0 Å². The van der Waals surface area contributed by atoms with E-state index in [1.807, 2.05) is 4.90 Å². The van der Waals surface area contributed by atoms with Gasteiger partial charge in [-0.15, -0.1) is 0 Å². The lowest BCUT2D eigenvalue weighted by atomic mass is 10.0. The predicted molar refractivity (Wildman–Crippen MR) is 80.8 cm³/mol. The number of carbonyl (C=O) groups is 1. The van der Waals surface area contributed by atoms with E-state index in [4.69, 9.17) is 5.73 Å². The van der Waals surface area contributed by atoms with Crippen molar-refractivity contribution in [1.29, 1.82) is 0 Å². The number of hydrogen-bond donors (Lipinski definition) is 1. The number of nitrogens with two attached hydrogens (primary N) is 1. The highest BCUT2D eigenvalue weighted by molar-refractivity contribution is 5.78. The third-order valence-electron chi connectivity index (χ3n) is 3.75. The lowest BCUT2D eigenvalue weighted by Gasteiger charge is -2.17. The van der Waals surface area contributed by atoms with Crippen LogP contribution in [0.3, 0.4) is 0 Å². The number of likely N-dealkylation sites (tertiary alicyclic amines) is 1. The monoisotopic (exact) mass is 288 g/mol. The Labute approximate surface area is 125 Å². The number of benzene rings is 1. The first-order valence-electron chi connectivity index (χ1n) is 7.39. The quantitative estimate of drug-likeness (QED) is 0.864. The van der Waals surface area contributed by atoms with Gasteiger partial charge in [-0.25, -0.2) is 4.39 Å². The van der Waals surface area contributed by atoms with Crippen LogP contribution >= 0.6 is 0 Å². The molecule has 0 bridgehead atoms. The number of amides is 1. The third-order valence-corrected chi connectivity index (χ3v) is 3.75. The van der Waals surface area contributed by atoms with Crippen LogP contribution in [0.15, 0.2) is 18.2 Å². The number of halogens is 1. The summed E-state index contributed by atoms with van der Waals surface area (Å²) in [6.45, 7) is 3.65. The van der Waals surface area contributed by atoms with E-state index in [2.05, 4.69) is 18.8 Å². The molecule has 1 aliphatic heterocycles. The Balaban J connectivity index is 2.14. The van der Waals surface area contributed by atoms with Crippen molar-refractivity contribution < 1.29 is 9.18 Å². The Morgan fingerprint density at radius 3 is 3.00 bits per heavy atom. The molecule has 1 heterocycles. The van der Waals surface area contributed by atoms with E-state index in [1.54, 1.807) is 6.07 Å². The van der Waals surface area contributed by atoms with Crippen LogP contribution < -0.4 is 5.73 Å². The molecule has 21 heavy (non-hydrogen) atoms. The normalized spacial score (nSPS) is 17.8. The summed E-state index contributed by atoms with van der Waals surface area (Å²) in [5.41, 5.74) is 6.87. The van der Waals surface area contributed by atoms with Gasteiger partial charge in [0, 0.05) is 25.1 Å². The molecule has 1 aromatic carbocycles. The molecule has 112 valence electrons. The predicted octanol–water partition coefficient (Wildman–Crippen LogP) is 2.28. The average Bonchev–Trinajstić information content (AvgIpc) is 2.79. The van der Waals surface area contributed by atoms with Crippen molar-refractivity contribution in [3.63, 3.8) is 0 Å². The highest BCUT2D eigenvalue weighted by Gasteiger charge is 2.29. The fraction of sp³-hybridized carbons (Fsp3) is 0.471. The molecule has 0 aliphatic carbocycles. The van der Waals surface area contributed by atoms with E-state index in [9.17, 15) is 9.18 Å². The standard InChI is InChI=1S/C17H21FN2O/c1-2-4-13-9-17(21)20(11-13)12-15-6-7-16(18)10-14(15)5-3-8-19/h6-7,10,13H,2,4,8-9,11-12,19H2,1H3. The van der Waals surface area contributed by atoms with E-state index in [0.717, 1.165) is 24.9 Å². The molecule has 1 saturated heterocycles. The van der Waals surface area contributed by atoms with E-state index in [1.165, 1.54) is 12.1 Å². The largest absolute Gasteiger partial charge is 0.338 e. The molecular formula is C17H21FN2O. The summed E-state index contributed by atoms with van der Waals surface area (Å²) in [5, 5.41) is 0. The van der Waals surface area contributed by atoms with E-state index in [0.29, 0.717) is 24.4 Å². The number of nitrogens with zero attached hydrogens (tertiary/aromatic N) is 1. The van der Waals surface area contributed by atoms with Crippen LogP contribution in [0.25, 0.3) is 0 Å². The Morgan fingerprint density at radius 1 is 1.48 bits per heavy atom. The topological polar surface area (TPSA) is 46.3 Å². The Kier molecular flexibility index (Phi) is 5.35. The van der Waals surface area contributed by atoms with Gasteiger partial charge in [-0.3, -0.25) is 4.79 Å². The van der Waals surface area contributed by atoms with Gasteiger partial charge >= 0.3 is 0 Å². The van der Waals surface area contributed by atoms with Crippen LogP contribution in [-0.2, 0) is 11.3 Å². The fourth-order valence-corrected chi connectivity index (χ4v) is 2.76. The van der Waals surface area contributed by atoms with E-state index in [-0.39, 0.29) is 18.3 Å². The summed E-state index contributed by atoms with van der Waals surface area (Å²) in [6, 6.07) is 4.52. The zero-order chi connectivity index (χ0) is 15.2. The molecule has 0 spiro atoms. The molecule has 2 N–H and O–H groups in total. The lowest BCUT2D eigenvalue weighted by Crippen LogP contribution is -2.25. The van der Waals surface area contributed by atoms with Gasteiger partial charge < -0.3 is 10.6 Å². The molecule has 1 aromatic rings. The minimum absolute atomic E-state index is 0.176. The van der Waals surface area contributed by atoms with Crippen LogP contribution in [-0.4, -0.2) is 23.9 Å². The molecule has 0 saturated carbocycles. The first-order chi connectivity index (χ1) is 10.1. The van der Waals surface area contributed by atoms with Crippen molar-refractivity contribution in [2.45, 2.75) is 32.7 Å². The van der Waals surface area contributed by atoms with Gasteiger partial charge in [0.05, 0.1) is 6.54 Å². The molecule has 2 rings (SSSR count). The molecule has 1 fully saturated rings. The number of rotatable bonds is 4. The van der Waals surface area contributed by atoms with Crippen LogP contribution in [0, 0.1) is 23.6 Å². The van der Waals surface area contributed by atoms with Crippen LogP contribution in [0.2, 0.25) is 0 Å². The summed E-state index contributed by atoms with van der Waals surface area (Å²) in [6.07, 6.45) is 2.79. The summed E-state index contributed by atoms with van der Waals surface area (Å²) in [5.74, 6) is 5.93. The minimum atomic E-state index is -0.323. The Bertz CT molecular complexity index is 574. The fourth-order valence-electron chi connectivity index (χ4n) is 2.76. The Morgan fingerprint density at radius 2 is 2.29 bits per heavy atom. The smallest absolute Gasteiger partial charge is 0.223 e. The highest BCUT2D eigenvalue weighted by atomic mass is 19.1. The van der Waals surface area contributed by atoms with Crippen LogP contribution in [0.4, 0.5) is 4.39 Å². The average molecular weight is 288 g/mol. The third kappa shape index (κ3) is 4.05. The molecule has 1 unspecified atom stereocenters. The zero-order valence-corrected chi connectivity index (χ0v) is 12.4. The first kappa shape index (κ1) is 15.5. The van der Waals surface area contributed by atoms with Crippen molar-refractivity contribution in [2.24, 2.45) is 11.7 Å². The zero-order valence-electron chi connectivity index (χ0n) is 12.4. The second-order valence-electron chi connectivity index (χ2n) is 5.44. The van der Waals surface area contributed by atoms with Gasteiger partial charge in [-0.05, 0) is 30.0 Å². The van der Waals surface area contributed by atoms with E-state index >= 15 is 0 Å². The van der Waals surface area contributed by atoms with Crippen molar-refractivity contribution in [1.82, 2.24) is 4.90 Å². The van der Waals surface area contributed by atoms with Gasteiger partial charge in [0.1, 0.15) is 5.82 Å². The van der Waals surface area contributed by atoms with Crippen molar-refractivity contribution in [3.8, 4) is 11.8 Å². The number of hydrogen-bond acceptors (Lipinski definition) is 2. The van der Waals surface area contributed by atoms with Gasteiger partial charge in [0.2, 0.25) is 5.91 Å². The van der Waals surface area contributed by atoms with Crippen LogP contribution in [0.5, 0.6) is 0 Å². The molecule has 0 radical (unpaired) electrons. The maximum Gasteiger partial charge on any atom is 0.223 e. The highest BCUT2D eigenvalue weighted by Crippen LogP contribution is 2.24. The molecule has 1 atom stereocenters. The van der Waals surface area contributed by atoms with Crippen molar-refractivity contribution in [3.05, 3.63) is 35.1 Å². The molecular weight excluding hydrogens is 267 g/mol. The summed E-state index contributed by atoms with van der Waals surface area (Å²) >= 11 is 0. The molecule has 1 amide bonds. The second kappa shape index (κ2) is 7.24. The van der Waals surface area contributed by atoms with Gasteiger partial charge in [0.25, 0.3) is 0 Å². The lowest BCUT2D eigenvalue weighted by molar-refractivity contribution is -0.128. The maximum atomic E-state index is 13.3. The Hall–Kier alpha value is -1.86. The summed E-state index contributed by atoms with van der Waals surface area (Å²) in [4.78, 5) is 13.9. The van der Waals surface area contributed by atoms with Gasteiger partial charge in [-0.1, -0.05) is 31.3 Å². The minimum Gasteiger partial charge on any atom is -0.338 e. The molecule has 3 nitrogen and oxygen atoms in total.